The number of benzene rings is 1. The van der Waals surface area contributed by atoms with Gasteiger partial charge in [0.05, 0.1) is 7.11 Å². The van der Waals surface area contributed by atoms with Crippen LogP contribution in [0.1, 0.15) is 36.3 Å². The van der Waals surface area contributed by atoms with Crippen LogP contribution in [0.3, 0.4) is 0 Å². The highest BCUT2D eigenvalue weighted by Gasteiger charge is 2.28. The standard InChI is InChI=1S/C15H19N3OS2/c1-3-13-17-15(21-18-13)20-12-7-5-9-4-6-10(19-2)8-11(9)14(12)16/h4,6,8,12,14H,3,5,7,16H2,1-2H3. The van der Waals surface area contributed by atoms with E-state index in [1.54, 1.807) is 18.9 Å². The maximum atomic E-state index is 6.48. The van der Waals surface area contributed by atoms with Crippen LogP contribution >= 0.6 is 23.3 Å². The molecule has 2 N–H and O–H groups in total. The number of rotatable bonds is 4. The summed E-state index contributed by atoms with van der Waals surface area (Å²) in [4.78, 5) is 4.54. The summed E-state index contributed by atoms with van der Waals surface area (Å²) >= 11 is 3.25. The van der Waals surface area contributed by atoms with Crippen LogP contribution in [0.4, 0.5) is 0 Å². The predicted octanol–water partition coefficient (Wildman–Crippen LogP) is 3.22. The zero-order valence-corrected chi connectivity index (χ0v) is 13.8. The van der Waals surface area contributed by atoms with Crippen molar-refractivity contribution in [2.75, 3.05) is 7.11 Å². The van der Waals surface area contributed by atoms with Gasteiger partial charge in [-0.3, -0.25) is 0 Å². The van der Waals surface area contributed by atoms with Gasteiger partial charge < -0.3 is 10.5 Å². The Morgan fingerprint density at radius 1 is 1.48 bits per heavy atom. The van der Waals surface area contributed by atoms with E-state index in [0.717, 1.165) is 35.2 Å². The Labute approximate surface area is 133 Å². The van der Waals surface area contributed by atoms with E-state index < -0.39 is 0 Å². The number of fused-ring (bicyclic) bond motifs is 1. The lowest BCUT2D eigenvalue weighted by Gasteiger charge is -2.30. The number of thioether (sulfide) groups is 1. The van der Waals surface area contributed by atoms with E-state index in [0.29, 0.717) is 5.25 Å². The highest BCUT2D eigenvalue weighted by Crippen LogP contribution is 2.40. The summed E-state index contributed by atoms with van der Waals surface area (Å²) in [6.07, 6.45) is 3.02. The normalized spacial score (nSPS) is 21.1. The fraction of sp³-hybridized carbons (Fsp3) is 0.467. The van der Waals surface area contributed by atoms with Crippen molar-refractivity contribution in [3.63, 3.8) is 0 Å². The molecule has 2 atom stereocenters. The molecule has 1 aromatic heterocycles. The van der Waals surface area contributed by atoms with Crippen LogP contribution in [-0.2, 0) is 12.8 Å². The first kappa shape index (κ1) is 14.8. The molecule has 0 amide bonds. The molecule has 0 fully saturated rings. The molecule has 112 valence electrons. The van der Waals surface area contributed by atoms with Crippen LogP contribution in [0, 0.1) is 0 Å². The molecular weight excluding hydrogens is 302 g/mol. The van der Waals surface area contributed by atoms with Crippen molar-refractivity contribution in [3.8, 4) is 5.75 Å². The highest BCUT2D eigenvalue weighted by molar-refractivity contribution is 8.01. The van der Waals surface area contributed by atoms with Crippen LogP contribution in [0.2, 0.25) is 0 Å². The third-order valence-corrected chi connectivity index (χ3v) is 6.02. The highest BCUT2D eigenvalue weighted by atomic mass is 32.2. The molecule has 21 heavy (non-hydrogen) atoms. The number of nitrogens with two attached hydrogens (primary N) is 1. The molecular formula is C15H19N3OS2. The Morgan fingerprint density at radius 2 is 2.33 bits per heavy atom. The van der Waals surface area contributed by atoms with Gasteiger partial charge in [0.25, 0.3) is 0 Å². The molecule has 1 heterocycles. The number of hydrogen-bond acceptors (Lipinski definition) is 6. The van der Waals surface area contributed by atoms with Gasteiger partial charge in [0.15, 0.2) is 4.34 Å². The second kappa shape index (κ2) is 6.34. The lowest BCUT2D eigenvalue weighted by molar-refractivity contribution is 0.412. The second-order valence-electron chi connectivity index (χ2n) is 5.12. The lowest BCUT2D eigenvalue weighted by atomic mass is 9.87. The number of nitrogens with zero attached hydrogens (tertiary/aromatic N) is 2. The molecule has 0 bridgehead atoms. The Morgan fingerprint density at radius 3 is 3.05 bits per heavy atom. The molecule has 1 aromatic carbocycles. The summed E-state index contributed by atoms with van der Waals surface area (Å²) < 4.78 is 10.7. The first-order valence-corrected chi connectivity index (χ1v) is 8.78. The van der Waals surface area contributed by atoms with Crippen LogP contribution < -0.4 is 10.5 Å². The van der Waals surface area contributed by atoms with Gasteiger partial charge in [-0.2, -0.15) is 4.37 Å². The molecule has 0 spiro atoms. The zero-order valence-electron chi connectivity index (χ0n) is 12.2. The summed E-state index contributed by atoms with van der Waals surface area (Å²) in [6.45, 7) is 2.07. The van der Waals surface area contributed by atoms with Crippen LogP contribution in [0.15, 0.2) is 22.5 Å². The van der Waals surface area contributed by atoms with Gasteiger partial charge in [-0.1, -0.05) is 24.8 Å². The Hall–Kier alpha value is -1.11. The molecule has 0 aliphatic heterocycles. The minimum absolute atomic E-state index is 0.0165. The molecule has 6 heteroatoms. The van der Waals surface area contributed by atoms with Crippen molar-refractivity contribution in [3.05, 3.63) is 35.2 Å². The van der Waals surface area contributed by atoms with Crippen molar-refractivity contribution >= 4 is 23.3 Å². The predicted molar refractivity (Wildman–Crippen MR) is 87.2 cm³/mol. The van der Waals surface area contributed by atoms with Crippen molar-refractivity contribution < 1.29 is 4.74 Å². The van der Waals surface area contributed by atoms with Gasteiger partial charge in [-0.25, -0.2) is 4.98 Å². The first-order valence-electron chi connectivity index (χ1n) is 7.13. The van der Waals surface area contributed by atoms with Crippen LogP contribution in [0.5, 0.6) is 5.75 Å². The SMILES string of the molecule is CCc1nsc(SC2CCc3ccc(OC)cc3C2N)n1. The summed E-state index contributed by atoms with van der Waals surface area (Å²) in [5.74, 6) is 1.80. The molecule has 0 radical (unpaired) electrons. The summed E-state index contributed by atoms with van der Waals surface area (Å²) in [5.41, 5.74) is 9.03. The van der Waals surface area contributed by atoms with Crippen LogP contribution in [-0.4, -0.2) is 21.7 Å². The fourth-order valence-corrected chi connectivity index (χ4v) is 4.71. The monoisotopic (exact) mass is 321 g/mol. The van der Waals surface area contributed by atoms with Crippen molar-refractivity contribution in [2.45, 2.75) is 41.8 Å². The molecule has 0 saturated carbocycles. The smallest absolute Gasteiger partial charge is 0.170 e. The molecule has 2 unspecified atom stereocenters. The van der Waals surface area contributed by atoms with E-state index in [1.807, 2.05) is 6.07 Å². The first-order chi connectivity index (χ1) is 10.2. The fourth-order valence-electron chi connectivity index (χ4n) is 2.61. The number of hydrogen-bond donors (Lipinski definition) is 1. The Kier molecular flexibility index (Phi) is 4.47. The summed E-state index contributed by atoms with van der Waals surface area (Å²) in [6, 6.07) is 6.24. The van der Waals surface area contributed by atoms with E-state index in [4.69, 9.17) is 10.5 Å². The molecule has 4 nitrogen and oxygen atoms in total. The van der Waals surface area contributed by atoms with Gasteiger partial charge in [0.2, 0.25) is 0 Å². The van der Waals surface area contributed by atoms with Crippen LogP contribution in [0.25, 0.3) is 0 Å². The molecule has 3 rings (SSSR count). The number of methoxy groups -OCH3 is 1. The van der Waals surface area contributed by atoms with Crippen molar-refractivity contribution in [2.24, 2.45) is 5.73 Å². The second-order valence-corrected chi connectivity index (χ2v) is 7.35. The number of aryl methyl sites for hydroxylation is 2. The van der Waals surface area contributed by atoms with Gasteiger partial charge in [-0.15, -0.1) is 0 Å². The average Bonchev–Trinajstić information content (AvgIpc) is 2.97. The van der Waals surface area contributed by atoms with Gasteiger partial charge in [0, 0.05) is 17.7 Å². The number of aromatic nitrogens is 2. The third kappa shape index (κ3) is 3.07. The minimum atomic E-state index is 0.0165. The van der Waals surface area contributed by atoms with Gasteiger partial charge >= 0.3 is 0 Å². The van der Waals surface area contributed by atoms with E-state index in [2.05, 4.69) is 28.4 Å². The maximum Gasteiger partial charge on any atom is 0.170 e. The number of ether oxygens (including phenoxy) is 1. The van der Waals surface area contributed by atoms with Crippen molar-refractivity contribution in [1.82, 2.24) is 9.36 Å². The Bertz CT molecular complexity index is 629. The quantitative estimate of drug-likeness (QED) is 0.937. The molecule has 0 saturated heterocycles. The van der Waals surface area contributed by atoms with Gasteiger partial charge in [-0.05, 0) is 47.6 Å². The molecule has 2 aromatic rings. The third-order valence-electron chi connectivity index (χ3n) is 3.83. The zero-order chi connectivity index (χ0) is 14.8. The van der Waals surface area contributed by atoms with E-state index in [-0.39, 0.29) is 6.04 Å². The minimum Gasteiger partial charge on any atom is -0.497 e. The van der Waals surface area contributed by atoms with E-state index in [9.17, 15) is 0 Å². The Balaban J connectivity index is 1.79. The lowest BCUT2D eigenvalue weighted by Crippen LogP contribution is -2.29. The topological polar surface area (TPSA) is 61.0 Å². The average molecular weight is 321 g/mol. The molecule has 1 aliphatic rings. The maximum absolute atomic E-state index is 6.48. The van der Waals surface area contributed by atoms with Crippen molar-refractivity contribution in [1.29, 1.82) is 0 Å². The molecule has 1 aliphatic carbocycles. The summed E-state index contributed by atoms with van der Waals surface area (Å²) in [5, 5.41) is 0.349. The van der Waals surface area contributed by atoms with E-state index >= 15 is 0 Å². The largest absolute Gasteiger partial charge is 0.497 e. The van der Waals surface area contributed by atoms with Gasteiger partial charge in [0.1, 0.15) is 11.6 Å². The summed E-state index contributed by atoms with van der Waals surface area (Å²) in [7, 11) is 1.69. The van der Waals surface area contributed by atoms with E-state index in [1.165, 1.54) is 22.7 Å².